The lowest BCUT2D eigenvalue weighted by molar-refractivity contribution is 0.137. The molecule has 1 atom stereocenters. The molecule has 6 rings (SSSR count). The average molecular weight is 539 g/mol. The molecule has 192 valence electrons. The van der Waals surface area contributed by atoms with E-state index in [2.05, 4.69) is 42.0 Å². The Labute approximate surface area is 225 Å². The zero-order valence-electron chi connectivity index (χ0n) is 20.5. The van der Waals surface area contributed by atoms with Gasteiger partial charge in [0.05, 0.1) is 15.6 Å². The second kappa shape index (κ2) is 9.72. The minimum absolute atomic E-state index is 0.349. The number of anilines is 1. The molecule has 1 spiro atoms. The van der Waals surface area contributed by atoms with Crippen molar-refractivity contribution in [1.82, 2.24) is 30.0 Å². The number of aromatic nitrogens is 5. The molecule has 0 aliphatic carbocycles. The van der Waals surface area contributed by atoms with Crippen LogP contribution in [0.15, 0.2) is 43.0 Å². The predicted molar refractivity (Wildman–Crippen MR) is 145 cm³/mol. The van der Waals surface area contributed by atoms with Crippen LogP contribution < -0.4 is 15.4 Å². The smallest absolute Gasteiger partial charge is 0.225 e. The van der Waals surface area contributed by atoms with Crippen LogP contribution in [0.1, 0.15) is 37.5 Å². The van der Waals surface area contributed by atoms with E-state index < -0.39 is 6.23 Å². The van der Waals surface area contributed by atoms with E-state index in [1.807, 2.05) is 30.6 Å². The Morgan fingerprint density at radius 2 is 1.76 bits per heavy atom. The quantitative estimate of drug-likeness (QED) is 0.348. The van der Waals surface area contributed by atoms with Crippen molar-refractivity contribution in [3.05, 3.63) is 58.6 Å². The fourth-order valence-corrected chi connectivity index (χ4v) is 6.20. The maximum Gasteiger partial charge on any atom is 0.225 e. The SMILES string of the molecule is CN1CCCC12CCN(c1ncc(-c3n[nH]c4ccc(O[C@H](N)c5c(Cl)cncc5Cl)cc34)cn1)CC2. The van der Waals surface area contributed by atoms with Gasteiger partial charge in [-0.15, -0.1) is 0 Å². The monoisotopic (exact) mass is 538 g/mol. The number of fused-ring (bicyclic) bond motifs is 1. The Morgan fingerprint density at radius 1 is 1.03 bits per heavy atom. The van der Waals surface area contributed by atoms with E-state index in [0.717, 1.165) is 54.0 Å². The van der Waals surface area contributed by atoms with E-state index in [1.54, 1.807) is 0 Å². The standard InChI is InChI=1S/C26H28Cl2N8O/c1-35-8-2-5-26(35)6-9-36(10-7-26)25-31-12-16(13-32-25)23-18-11-17(3-4-21(18)33-34-23)37-24(29)22-19(27)14-30-15-20(22)28/h3-4,11-15,24H,2,5-10,29H2,1H3,(H,33,34)/t24-/m0/s1. The fourth-order valence-electron chi connectivity index (χ4n) is 5.62. The number of rotatable bonds is 5. The van der Waals surface area contributed by atoms with Crippen molar-refractivity contribution in [1.29, 1.82) is 0 Å². The number of halogens is 2. The average Bonchev–Trinajstić information content (AvgIpc) is 3.48. The van der Waals surface area contributed by atoms with Gasteiger partial charge in [-0.3, -0.25) is 15.8 Å². The molecule has 0 radical (unpaired) electrons. The van der Waals surface area contributed by atoms with Crippen LogP contribution in [-0.4, -0.2) is 62.3 Å². The van der Waals surface area contributed by atoms with Crippen molar-refractivity contribution in [3.8, 4) is 17.0 Å². The first-order valence-corrected chi connectivity index (χ1v) is 13.2. The first-order valence-electron chi connectivity index (χ1n) is 12.4. The number of ether oxygens (including phenoxy) is 1. The molecule has 11 heteroatoms. The van der Waals surface area contributed by atoms with Gasteiger partial charge in [-0.05, 0) is 57.5 Å². The molecule has 2 aliphatic rings. The number of nitrogens with one attached hydrogen (secondary N) is 1. The summed E-state index contributed by atoms with van der Waals surface area (Å²) in [6.07, 6.45) is 10.7. The van der Waals surface area contributed by atoms with E-state index in [4.69, 9.17) is 33.7 Å². The Morgan fingerprint density at radius 3 is 2.43 bits per heavy atom. The van der Waals surface area contributed by atoms with Crippen LogP contribution in [0.2, 0.25) is 10.0 Å². The Balaban J connectivity index is 1.20. The third-order valence-corrected chi connectivity index (χ3v) is 8.41. The van der Waals surface area contributed by atoms with Crippen molar-refractivity contribution < 1.29 is 4.74 Å². The fraction of sp³-hybridized carbons (Fsp3) is 0.385. The number of benzene rings is 1. The van der Waals surface area contributed by atoms with Gasteiger partial charge in [0.2, 0.25) is 5.95 Å². The summed E-state index contributed by atoms with van der Waals surface area (Å²) in [6.45, 7) is 3.15. The number of aromatic amines is 1. The van der Waals surface area contributed by atoms with Gasteiger partial charge in [-0.2, -0.15) is 5.10 Å². The normalized spacial score (nSPS) is 18.5. The van der Waals surface area contributed by atoms with Crippen molar-refractivity contribution in [2.24, 2.45) is 5.73 Å². The molecule has 2 saturated heterocycles. The molecule has 0 bridgehead atoms. The van der Waals surface area contributed by atoms with Crippen LogP contribution in [0.4, 0.5) is 5.95 Å². The molecular formula is C26H28Cl2N8O. The van der Waals surface area contributed by atoms with Gasteiger partial charge in [0.15, 0.2) is 6.23 Å². The molecular weight excluding hydrogens is 511 g/mol. The van der Waals surface area contributed by atoms with E-state index in [0.29, 0.717) is 26.9 Å². The number of pyridine rings is 1. The van der Waals surface area contributed by atoms with Crippen LogP contribution in [0.25, 0.3) is 22.2 Å². The number of H-pyrrole nitrogens is 1. The van der Waals surface area contributed by atoms with Crippen LogP contribution in [0.5, 0.6) is 5.75 Å². The van der Waals surface area contributed by atoms with Gasteiger partial charge in [0, 0.05) is 59.9 Å². The largest absolute Gasteiger partial charge is 0.471 e. The summed E-state index contributed by atoms with van der Waals surface area (Å²) in [7, 11) is 2.26. The lowest BCUT2D eigenvalue weighted by atomic mass is 9.85. The van der Waals surface area contributed by atoms with E-state index in [-0.39, 0.29) is 0 Å². The molecule has 3 aromatic heterocycles. The molecule has 4 aromatic rings. The number of likely N-dealkylation sites (tertiary alicyclic amines) is 1. The zero-order chi connectivity index (χ0) is 25.6. The first-order chi connectivity index (χ1) is 17.9. The van der Waals surface area contributed by atoms with Crippen molar-refractivity contribution in [2.75, 3.05) is 31.6 Å². The van der Waals surface area contributed by atoms with Crippen molar-refractivity contribution in [2.45, 2.75) is 37.5 Å². The number of nitrogens with two attached hydrogens (primary N) is 1. The third kappa shape index (κ3) is 4.50. The minimum atomic E-state index is -0.855. The van der Waals surface area contributed by atoms with Crippen molar-refractivity contribution in [3.63, 3.8) is 0 Å². The van der Waals surface area contributed by atoms with Gasteiger partial charge in [0.1, 0.15) is 11.4 Å². The third-order valence-electron chi connectivity index (χ3n) is 7.81. The topological polar surface area (TPSA) is 109 Å². The summed E-state index contributed by atoms with van der Waals surface area (Å²) in [5, 5.41) is 9.15. The highest BCUT2D eigenvalue weighted by atomic mass is 35.5. The molecule has 3 N–H and O–H groups in total. The molecule has 2 fully saturated rings. The minimum Gasteiger partial charge on any atom is -0.471 e. The van der Waals surface area contributed by atoms with Crippen LogP contribution in [0.3, 0.4) is 0 Å². The summed E-state index contributed by atoms with van der Waals surface area (Å²) >= 11 is 12.5. The van der Waals surface area contributed by atoms with Crippen LogP contribution in [0, 0.1) is 0 Å². The zero-order valence-corrected chi connectivity index (χ0v) is 22.0. The molecule has 37 heavy (non-hydrogen) atoms. The highest BCUT2D eigenvalue weighted by molar-refractivity contribution is 6.35. The molecule has 0 unspecified atom stereocenters. The lowest BCUT2D eigenvalue weighted by Crippen LogP contribution is -2.51. The van der Waals surface area contributed by atoms with Crippen LogP contribution >= 0.6 is 23.2 Å². The maximum atomic E-state index is 6.26. The molecule has 1 aromatic carbocycles. The van der Waals surface area contributed by atoms with Gasteiger partial charge < -0.3 is 14.5 Å². The number of nitrogens with zero attached hydrogens (tertiary/aromatic N) is 6. The van der Waals surface area contributed by atoms with Gasteiger partial charge in [0.25, 0.3) is 0 Å². The molecule has 0 saturated carbocycles. The van der Waals surface area contributed by atoms with Gasteiger partial charge in [-0.25, -0.2) is 9.97 Å². The Kier molecular flexibility index (Phi) is 6.40. The lowest BCUT2D eigenvalue weighted by Gasteiger charge is -2.43. The molecule has 0 amide bonds. The summed E-state index contributed by atoms with van der Waals surface area (Å²) in [6, 6.07) is 5.59. The highest BCUT2D eigenvalue weighted by Crippen LogP contribution is 2.38. The molecule has 5 heterocycles. The van der Waals surface area contributed by atoms with Crippen molar-refractivity contribution >= 4 is 40.1 Å². The number of hydrogen-bond donors (Lipinski definition) is 2. The maximum absolute atomic E-state index is 6.26. The Bertz CT molecular complexity index is 1400. The Hall–Kier alpha value is -2.98. The predicted octanol–water partition coefficient (Wildman–Crippen LogP) is 4.82. The second-order valence-corrected chi connectivity index (χ2v) is 10.7. The van der Waals surface area contributed by atoms with Gasteiger partial charge in [-0.1, -0.05) is 23.2 Å². The van der Waals surface area contributed by atoms with E-state index >= 15 is 0 Å². The van der Waals surface area contributed by atoms with E-state index in [9.17, 15) is 0 Å². The van der Waals surface area contributed by atoms with E-state index in [1.165, 1.54) is 31.8 Å². The molecule has 9 nitrogen and oxygen atoms in total. The number of piperidine rings is 1. The summed E-state index contributed by atoms with van der Waals surface area (Å²) in [5.74, 6) is 1.32. The van der Waals surface area contributed by atoms with Gasteiger partial charge >= 0.3 is 0 Å². The summed E-state index contributed by atoms with van der Waals surface area (Å²) in [5.41, 5.74) is 9.53. The number of hydrogen-bond acceptors (Lipinski definition) is 8. The van der Waals surface area contributed by atoms with Crippen LogP contribution in [-0.2, 0) is 0 Å². The summed E-state index contributed by atoms with van der Waals surface area (Å²) < 4.78 is 5.97. The molecule has 2 aliphatic heterocycles. The second-order valence-electron chi connectivity index (χ2n) is 9.84. The highest BCUT2D eigenvalue weighted by Gasteiger charge is 2.41. The summed E-state index contributed by atoms with van der Waals surface area (Å²) in [4.78, 5) is 18.2. The first kappa shape index (κ1) is 24.4.